The van der Waals surface area contributed by atoms with Crippen LogP contribution in [-0.4, -0.2) is 18.4 Å². The zero-order valence-corrected chi connectivity index (χ0v) is 13.2. The summed E-state index contributed by atoms with van der Waals surface area (Å²) in [4.78, 5) is 22.8. The SMILES string of the molecule is CC(=O)c1ccc(C#CCNC(=O)NCc2ccc(F)cc2)cc1. The predicted molar refractivity (Wildman–Crippen MR) is 90.0 cm³/mol. The third-order valence-corrected chi connectivity index (χ3v) is 3.23. The molecular formula is C19H17FN2O2. The molecule has 122 valence electrons. The Bertz CT molecular complexity index is 772. The van der Waals surface area contributed by atoms with Crippen LogP contribution in [0.1, 0.15) is 28.4 Å². The zero-order valence-electron chi connectivity index (χ0n) is 13.2. The second-order valence-electron chi connectivity index (χ2n) is 5.10. The maximum absolute atomic E-state index is 12.8. The van der Waals surface area contributed by atoms with Crippen molar-refractivity contribution < 1.29 is 14.0 Å². The second-order valence-corrected chi connectivity index (χ2v) is 5.10. The van der Waals surface area contributed by atoms with E-state index < -0.39 is 0 Å². The van der Waals surface area contributed by atoms with Crippen molar-refractivity contribution in [2.75, 3.05) is 6.54 Å². The van der Waals surface area contributed by atoms with Crippen molar-refractivity contribution in [2.45, 2.75) is 13.5 Å². The number of hydrogen-bond donors (Lipinski definition) is 2. The first-order chi connectivity index (χ1) is 11.5. The lowest BCUT2D eigenvalue weighted by Crippen LogP contribution is -2.35. The second kappa shape index (κ2) is 8.49. The van der Waals surface area contributed by atoms with Crippen molar-refractivity contribution in [3.05, 3.63) is 71.0 Å². The minimum absolute atomic E-state index is 0.00833. The molecule has 0 saturated heterocycles. The summed E-state index contributed by atoms with van der Waals surface area (Å²) in [5, 5.41) is 5.27. The number of carbonyl (C=O) groups excluding carboxylic acids is 2. The highest BCUT2D eigenvalue weighted by Gasteiger charge is 1.99. The molecule has 0 unspecified atom stereocenters. The highest BCUT2D eigenvalue weighted by Crippen LogP contribution is 2.04. The van der Waals surface area contributed by atoms with E-state index in [0.29, 0.717) is 12.1 Å². The molecule has 0 radical (unpaired) electrons. The van der Waals surface area contributed by atoms with Gasteiger partial charge in [0.25, 0.3) is 0 Å². The molecule has 0 heterocycles. The topological polar surface area (TPSA) is 58.2 Å². The van der Waals surface area contributed by atoms with Crippen LogP contribution >= 0.6 is 0 Å². The van der Waals surface area contributed by atoms with Crippen molar-refractivity contribution in [1.29, 1.82) is 0 Å². The quantitative estimate of drug-likeness (QED) is 0.671. The van der Waals surface area contributed by atoms with E-state index in [1.807, 2.05) is 0 Å². The van der Waals surface area contributed by atoms with Crippen LogP contribution in [0.4, 0.5) is 9.18 Å². The molecule has 2 N–H and O–H groups in total. The summed E-state index contributed by atoms with van der Waals surface area (Å²) in [7, 11) is 0. The molecule has 0 fully saturated rings. The number of ketones is 1. The molecule has 0 aliphatic carbocycles. The first-order valence-electron chi connectivity index (χ1n) is 7.40. The average molecular weight is 324 g/mol. The van der Waals surface area contributed by atoms with Crippen LogP contribution in [0.25, 0.3) is 0 Å². The van der Waals surface area contributed by atoms with E-state index in [2.05, 4.69) is 22.5 Å². The molecule has 0 atom stereocenters. The van der Waals surface area contributed by atoms with Gasteiger partial charge in [0.2, 0.25) is 0 Å². The van der Waals surface area contributed by atoms with Crippen LogP contribution in [0.15, 0.2) is 48.5 Å². The molecule has 2 aromatic carbocycles. The van der Waals surface area contributed by atoms with E-state index in [1.165, 1.54) is 19.1 Å². The van der Waals surface area contributed by atoms with Gasteiger partial charge in [0.15, 0.2) is 5.78 Å². The summed E-state index contributed by atoms with van der Waals surface area (Å²) in [5.74, 6) is 5.43. The van der Waals surface area contributed by atoms with Crippen LogP contribution in [0, 0.1) is 17.7 Å². The van der Waals surface area contributed by atoms with Gasteiger partial charge in [-0.3, -0.25) is 4.79 Å². The molecule has 0 aliphatic rings. The van der Waals surface area contributed by atoms with Gasteiger partial charge in [-0.25, -0.2) is 9.18 Å². The largest absolute Gasteiger partial charge is 0.334 e. The summed E-state index contributed by atoms with van der Waals surface area (Å²) >= 11 is 0. The fourth-order valence-electron chi connectivity index (χ4n) is 1.91. The lowest BCUT2D eigenvalue weighted by atomic mass is 10.1. The highest BCUT2D eigenvalue weighted by molar-refractivity contribution is 5.94. The van der Waals surface area contributed by atoms with E-state index in [0.717, 1.165) is 11.1 Å². The molecule has 0 saturated carbocycles. The van der Waals surface area contributed by atoms with Gasteiger partial charge in [0.1, 0.15) is 5.82 Å². The van der Waals surface area contributed by atoms with E-state index in [1.54, 1.807) is 36.4 Å². The number of amides is 2. The molecule has 0 aromatic heterocycles. The van der Waals surface area contributed by atoms with Gasteiger partial charge < -0.3 is 10.6 Å². The average Bonchev–Trinajstić information content (AvgIpc) is 2.58. The Hall–Kier alpha value is -3.13. The van der Waals surface area contributed by atoms with Gasteiger partial charge in [0.05, 0.1) is 6.54 Å². The monoisotopic (exact) mass is 324 g/mol. The van der Waals surface area contributed by atoms with Crippen LogP contribution in [-0.2, 0) is 6.54 Å². The Kier molecular flexibility index (Phi) is 6.09. The molecule has 0 spiro atoms. The fourth-order valence-corrected chi connectivity index (χ4v) is 1.91. The van der Waals surface area contributed by atoms with Gasteiger partial charge in [-0.15, -0.1) is 0 Å². The Morgan fingerprint density at radius 2 is 1.67 bits per heavy atom. The van der Waals surface area contributed by atoms with Gasteiger partial charge in [-0.2, -0.15) is 0 Å². The lowest BCUT2D eigenvalue weighted by molar-refractivity contribution is 0.101. The maximum atomic E-state index is 12.8. The number of benzene rings is 2. The van der Waals surface area contributed by atoms with Crippen molar-refractivity contribution in [3.63, 3.8) is 0 Å². The van der Waals surface area contributed by atoms with Crippen LogP contribution < -0.4 is 10.6 Å². The van der Waals surface area contributed by atoms with Crippen molar-refractivity contribution in [2.24, 2.45) is 0 Å². The molecule has 0 bridgehead atoms. The fraction of sp³-hybridized carbons (Fsp3) is 0.158. The third-order valence-electron chi connectivity index (χ3n) is 3.23. The number of Topliss-reactive ketones (excluding diaryl/α,β-unsaturated/α-hetero) is 1. The molecule has 2 amide bonds. The van der Waals surface area contributed by atoms with E-state index in [4.69, 9.17) is 0 Å². The molecule has 24 heavy (non-hydrogen) atoms. The molecule has 5 heteroatoms. The van der Waals surface area contributed by atoms with E-state index >= 15 is 0 Å². The minimum Gasteiger partial charge on any atom is -0.334 e. The van der Waals surface area contributed by atoms with Gasteiger partial charge in [-0.05, 0) is 36.8 Å². The predicted octanol–water partition coefficient (Wildman–Crippen LogP) is 2.88. The zero-order chi connectivity index (χ0) is 17.4. The first-order valence-corrected chi connectivity index (χ1v) is 7.40. The molecule has 4 nitrogen and oxygen atoms in total. The molecule has 0 aliphatic heterocycles. The van der Waals surface area contributed by atoms with Crippen molar-refractivity contribution in [1.82, 2.24) is 10.6 Å². The van der Waals surface area contributed by atoms with Crippen LogP contribution in [0.5, 0.6) is 0 Å². The Morgan fingerprint density at radius 1 is 1.00 bits per heavy atom. The normalized spacial score (nSPS) is 9.58. The van der Waals surface area contributed by atoms with Crippen LogP contribution in [0.3, 0.4) is 0 Å². The summed E-state index contributed by atoms with van der Waals surface area (Å²) in [6, 6.07) is 12.5. The number of halogens is 1. The number of nitrogens with one attached hydrogen (secondary N) is 2. The summed E-state index contributed by atoms with van der Waals surface area (Å²) in [6.45, 7) is 2.02. The molecule has 2 rings (SSSR count). The third kappa shape index (κ3) is 5.58. The lowest BCUT2D eigenvalue weighted by Gasteiger charge is -2.05. The smallest absolute Gasteiger partial charge is 0.315 e. The number of urea groups is 1. The first kappa shape index (κ1) is 17.2. The number of hydrogen-bond acceptors (Lipinski definition) is 2. The standard InChI is InChI=1S/C19H17FN2O2/c1-14(23)17-8-4-15(5-9-17)3-2-12-21-19(24)22-13-16-6-10-18(20)11-7-16/h4-11H,12-13H2,1H3,(H2,21,22,24). The van der Waals surface area contributed by atoms with Crippen molar-refractivity contribution in [3.8, 4) is 11.8 Å². The maximum Gasteiger partial charge on any atom is 0.315 e. The van der Waals surface area contributed by atoms with Gasteiger partial charge in [0, 0.05) is 17.7 Å². The summed E-state index contributed by atoms with van der Waals surface area (Å²) < 4.78 is 12.8. The van der Waals surface area contributed by atoms with Gasteiger partial charge >= 0.3 is 6.03 Å². The van der Waals surface area contributed by atoms with Crippen LogP contribution in [0.2, 0.25) is 0 Å². The number of rotatable bonds is 4. The van der Waals surface area contributed by atoms with E-state index in [-0.39, 0.29) is 24.2 Å². The Labute approximate surface area is 140 Å². The summed E-state index contributed by atoms with van der Waals surface area (Å²) in [6.07, 6.45) is 0. The Balaban J connectivity index is 1.74. The minimum atomic E-state index is -0.347. The Morgan fingerprint density at radius 3 is 2.29 bits per heavy atom. The van der Waals surface area contributed by atoms with Gasteiger partial charge in [-0.1, -0.05) is 36.1 Å². The van der Waals surface area contributed by atoms with Crippen molar-refractivity contribution >= 4 is 11.8 Å². The highest BCUT2D eigenvalue weighted by atomic mass is 19.1. The molecular weight excluding hydrogens is 307 g/mol. The van der Waals surface area contributed by atoms with E-state index in [9.17, 15) is 14.0 Å². The summed E-state index contributed by atoms with van der Waals surface area (Å²) in [5.41, 5.74) is 2.22. The molecule has 2 aromatic rings. The number of carbonyl (C=O) groups is 2.